The molecule has 2 aliphatic rings. The Morgan fingerprint density at radius 3 is 2.63 bits per heavy atom. The minimum atomic E-state index is -3.78. The van der Waals surface area contributed by atoms with Crippen LogP contribution in [0.3, 0.4) is 0 Å². The molecule has 3 heterocycles. The van der Waals surface area contributed by atoms with Gasteiger partial charge in [0.15, 0.2) is 5.60 Å². The Morgan fingerprint density at radius 1 is 1.17 bits per heavy atom. The first-order valence-electron chi connectivity index (χ1n) is 9.80. The van der Waals surface area contributed by atoms with Crippen LogP contribution in [0, 0.1) is 6.92 Å². The normalized spacial score (nSPS) is 24.2. The van der Waals surface area contributed by atoms with Crippen molar-refractivity contribution >= 4 is 32.5 Å². The van der Waals surface area contributed by atoms with Crippen LogP contribution in [0.15, 0.2) is 70.5 Å². The van der Waals surface area contributed by atoms with Crippen molar-refractivity contribution in [2.75, 3.05) is 6.54 Å². The number of esters is 1. The Kier molecular flexibility index (Phi) is 4.17. The third kappa shape index (κ3) is 2.73. The highest BCUT2D eigenvalue weighted by atomic mass is 32.2. The third-order valence-corrected chi connectivity index (χ3v) is 8.03. The summed E-state index contributed by atoms with van der Waals surface area (Å²) in [5.41, 5.74) is 1.05. The third-order valence-electron chi connectivity index (χ3n) is 6.11. The van der Waals surface area contributed by atoms with Crippen molar-refractivity contribution < 1.29 is 22.4 Å². The summed E-state index contributed by atoms with van der Waals surface area (Å²) < 4.78 is 39.8. The van der Waals surface area contributed by atoms with Crippen LogP contribution in [0.2, 0.25) is 0 Å². The van der Waals surface area contributed by atoms with Crippen molar-refractivity contribution in [2.24, 2.45) is 0 Å². The summed E-state index contributed by atoms with van der Waals surface area (Å²) in [4.78, 5) is 12.5. The van der Waals surface area contributed by atoms with Gasteiger partial charge in [-0.1, -0.05) is 42.5 Å². The standard InChI is InChI=1S/C23H21NO5S/c1-15-7-9-18(10-8-15)30(26,27)24-12-11-23(21(24)14-22(25)29-23)16(2)20-13-17-5-3-4-6-19(17)28-20/h3-10,13,21H,2,11-12,14H2,1H3/t21-,23+/m0/s1. The average Bonchev–Trinajstić information content (AvgIpc) is 3.38. The van der Waals surface area contributed by atoms with Gasteiger partial charge in [-0.05, 0) is 31.2 Å². The van der Waals surface area contributed by atoms with E-state index in [0.29, 0.717) is 23.3 Å². The lowest BCUT2D eigenvalue weighted by atomic mass is 9.86. The second-order valence-electron chi connectivity index (χ2n) is 7.89. The molecule has 30 heavy (non-hydrogen) atoms. The van der Waals surface area contributed by atoms with Crippen LogP contribution in [0.4, 0.5) is 0 Å². The Balaban J connectivity index is 1.54. The Morgan fingerprint density at radius 2 is 1.90 bits per heavy atom. The quantitative estimate of drug-likeness (QED) is 0.595. The molecule has 1 aromatic heterocycles. The van der Waals surface area contributed by atoms with Crippen LogP contribution >= 0.6 is 0 Å². The van der Waals surface area contributed by atoms with Crippen LogP contribution in [-0.2, 0) is 19.6 Å². The number of fused-ring (bicyclic) bond motifs is 2. The van der Waals surface area contributed by atoms with E-state index in [0.717, 1.165) is 10.9 Å². The fourth-order valence-corrected chi connectivity index (χ4v) is 6.17. The molecule has 6 nitrogen and oxygen atoms in total. The monoisotopic (exact) mass is 423 g/mol. The zero-order valence-electron chi connectivity index (χ0n) is 16.5. The van der Waals surface area contributed by atoms with Gasteiger partial charge in [-0.25, -0.2) is 8.42 Å². The van der Waals surface area contributed by atoms with E-state index < -0.39 is 27.6 Å². The molecule has 0 amide bonds. The zero-order chi connectivity index (χ0) is 21.1. The van der Waals surface area contributed by atoms with Crippen LogP contribution in [-0.4, -0.2) is 36.9 Å². The number of nitrogens with zero attached hydrogens (tertiary/aromatic N) is 1. The lowest BCUT2D eigenvalue weighted by Gasteiger charge is -2.30. The van der Waals surface area contributed by atoms with E-state index in [1.54, 1.807) is 24.3 Å². The fraction of sp³-hybridized carbons (Fsp3) is 0.261. The number of furan rings is 1. The molecule has 3 aromatic rings. The first-order chi connectivity index (χ1) is 14.3. The van der Waals surface area contributed by atoms with E-state index in [-0.39, 0.29) is 17.9 Å². The number of hydrogen-bond donors (Lipinski definition) is 0. The number of ether oxygens (including phenoxy) is 1. The summed E-state index contributed by atoms with van der Waals surface area (Å²) in [6.07, 6.45) is 0.328. The van der Waals surface area contributed by atoms with Gasteiger partial charge < -0.3 is 9.15 Å². The first-order valence-corrected chi connectivity index (χ1v) is 11.2. The Labute approximate surface area is 174 Å². The van der Waals surface area contributed by atoms with Crippen LogP contribution < -0.4 is 0 Å². The van der Waals surface area contributed by atoms with Crippen LogP contribution in [0.1, 0.15) is 24.2 Å². The smallest absolute Gasteiger partial charge is 0.308 e. The molecular formula is C23H21NO5S. The second-order valence-corrected chi connectivity index (χ2v) is 9.78. The highest BCUT2D eigenvalue weighted by molar-refractivity contribution is 7.89. The van der Waals surface area contributed by atoms with E-state index in [1.165, 1.54) is 4.31 Å². The predicted octanol–water partition coefficient (Wildman–Crippen LogP) is 3.90. The van der Waals surface area contributed by atoms with Gasteiger partial charge in [0.1, 0.15) is 11.3 Å². The number of rotatable bonds is 4. The summed E-state index contributed by atoms with van der Waals surface area (Å²) in [5, 5.41) is 0.910. The van der Waals surface area contributed by atoms with E-state index >= 15 is 0 Å². The topological polar surface area (TPSA) is 76.8 Å². The Hall–Kier alpha value is -2.90. The number of hydrogen-bond acceptors (Lipinski definition) is 5. The summed E-state index contributed by atoms with van der Waals surface area (Å²) in [5.74, 6) is 0.0755. The molecule has 2 aromatic carbocycles. The highest BCUT2D eigenvalue weighted by Crippen LogP contribution is 2.49. The van der Waals surface area contributed by atoms with Gasteiger partial charge in [0.05, 0.1) is 17.4 Å². The first kappa shape index (κ1) is 19.1. The van der Waals surface area contributed by atoms with Crippen molar-refractivity contribution in [2.45, 2.75) is 36.3 Å². The van der Waals surface area contributed by atoms with Gasteiger partial charge in [0, 0.05) is 23.9 Å². The molecule has 0 saturated carbocycles. The van der Waals surface area contributed by atoms with Gasteiger partial charge in [0.25, 0.3) is 0 Å². The Bertz CT molecular complexity index is 1240. The van der Waals surface area contributed by atoms with Gasteiger partial charge in [0.2, 0.25) is 10.0 Å². The van der Waals surface area contributed by atoms with Crippen LogP contribution in [0.25, 0.3) is 16.5 Å². The van der Waals surface area contributed by atoms with Gasteiger partial charge >= 0.3 is 5.97 Å². The second kappa shape index (κ2) is 6.55. The zero-order valence-corrected chi connectivity index (χ0v) is 17.3. The molecule has 7 heteroatoms. The lowest BCUT2D eigenvalue weighted by molar-refractivity contribution is -0.144. The molecule has 2 atom stereocenters. The number of benzene rings is 2. The number of para-hydroxylation sites is 1. The molecule has 0 unspecified atom stereocenters. The summed E-state index contributed by atoms with van der Waals surface area (Å²) in [7, 11) is -3.78. The maximum atomic E-state index is 13.3. The van der Waals surface area contributed by atoms with Crippen LogP contribution in [0.5, 0.6) is 0 Å². The molecule has 154 valence electrons. The number of carbonyl (C=O) groups is 1. The molecule has 2 saturated heterocycles. The van der Waals surface area contributed by atoms with Gasteiger partial charge in [-0.15, -0.1) is 0 Å². The summed E-state index contributed by atoms with van der Waals surface area (Å²) >= 11 is 0. The maximum Gasteiger partial charge on any atom is 0.308 e. The molecular weight excluding hydrogens is 402 g/mol. The fourth-order valence-electron chi connectivity index (χ4n) is 4.51. The minimum Gasteiger partial charge on any atom is -0.456 e. The van der Waals surface area contributed by atoms with Crippen molar-refractivity contribution in [3.05, 3.63) is 72.5 Å². The highest BCUT2D eigenvalue weighted by Gasteiger charge is 2.61. The number of sulfonamides is 1. The SMILES string of the molecule is C=C(c1cc2ccccc2o1)[C@]12CCN(S(=O)(=O)c3ccc(C)cc3)[C@H]1CC(=O)O2. The number of aryl methyl sites for hydroxylation is 1. The van der Waals surface area contributed by atoms with Gasteiger partial charge in [-0.3, -0.25) is 4.79 Å². The number of carbonyl (C=O) groups excluding carboxylic acids is 1. The van der Waals surface area contributed by atoms with Crippen molar-refractivity contribution in [3.8, 4) is 0 Å². The molecule has 0 bridgehead atoms. The van der Waals surface area contributed by atoms with Crippen molar-refractivity contribution in [1.82, 2.24) is 4.31 Å². The largest absolute Gasteiger partial charge is 0.456 e. The maximum absolute atomic E-state index is 13.3. The molecule has 0 N–H and O–H groups in total. The van der Waals surface area contributed by atoms with Gasteiger partial charge in [-0.2, -0.15) is 4.31 Å². The molecule has 5 rings (SSSR count). The van der Waals surface area contributed by atoms with E-state index in [9.17, 15) is 13.2 Å². The van der Waals surface area contributed by atoms with E-state index in [1.807, 2.05) is 37.3 Å². The molecule has 0 spiro atoms. The molecule has 2 fully saturated rings. The van der Waals surface area contributed by atoms with E-state index in [2.05, 4.69) is 6.58 Å². The predicted molar refractivity (Wildman–Crippen MR) is 112 cm³/mol. The molecule has 0 aliphatic carbocycles. The summed E-state index contributed by atoms with van der Waals surface area (Å²) in [6, 6.07) is 15.5. The average molecular weight is 423 g/mol. The lowest BCUT2D eigenvalue weighted by Crippen LogP contribution is -2.44. The van der Waals surface area contributed by atoms with Crippen molar-refractivity contribution in [1.29, 1.82) is 0 Å². The molecule has 2 aliphatic heterocycles. The van der Waals surface area contributed by atoms with Crippen molar-refractivity contribution in [3.63, 3.8) is 0 Å². The summed E-state index contributed by atoms with van der Waals surface area (Å²) in [6.45, 7) is 6.32. The van der Waals surface area contributed by atoms with E-state index in [4.69, 9.17) is 9.15 Å². The molecule has 0 radical (unpaired) electrons. The minimum absolute atomic E-state index is 0.00958.